The number of nitrogens with zero attached hydrogens (tertiary/aromatic N) is 1. The molecule has 1 aromatic heterocycles. The van der Waals surface area contributed by atoms with Crippen LogP contribution in [0.4, 0.5) is 0 Å². The highest BCUT2D eigenvalue weighted by Gasteiger charge is 2.57. The van der Waals surface area contributed by atoms with Gasteiger partial charge in [0.2, 0.25) is 5.89 Å². The van der Waals surface area contributed by atoms with Crippen LogP contribution in [0.25, 0.3) is 11.5 Å². The molecule has 0 radical (unpaired) electrons. The van der Waals surface area contributed by atoms with E-state index in [1.54, 1.807) is 12.1 Å². The molecule has 138 valence electrons. The van der Waals surface area contributed by atoms with Gasteiger partial charge >= 0.3 is 0 Å². The number of aromatic amines is 1. The Morgan fingerprint density at radius 2 is 2.12 bits per heavy atom. The fourth-order valence-electron chi connectivity index (χ4n) is 4.45. The highest BCUT2D eigenvalue weighted by atomic mass is 32.1. The van der Waals surface area contributed by atoms with Crippen molar-refractivity contribution in [3.05, 3.63) is 34.7 Å². The second-order valence-corrected chi connectivity index (χ2v) is 7.51. The molecular weight excluding hydrogens is 350 g/mol. The molecule has 1 spiro atoms. The third-order valence-electron chi connectivity index (χ3n) is 5.82. The fourth-order valence-corrected chi connectivity index (χ4v) is 4.57. The number of amides is 1. The van der Waals surface area contributed by atoms with Crippen LogP contribution < -0.4 is 5.32 Å². The molecule has 2 saturated carbocycles. The summed E-state index contributed by atoms with van der Waals surface area (Å²) in [4.78, 5) is 12.9. The van der Waals surface area contributed by atoms with Crippen LogP contribution in [0.2, 0.25) is 0 Å². The molecule has 6 nitrogen and oxygen atoms in total. The minimum Gasteiger partial charge on any atom is -0.409 e. The summed E-state index contributed by atoms with van der Waals surface area (Å²) in [6.07, 6.45) is 5.94. The van der Waals surface area contributed by atoms with Gasteiger partial charge in [0, 0.05) is 29.2 Å². The molecule has 1 amide bonds. The third-order valence-corrected chi connectivity index (χ3v) is 6.00. The number of rotatable bonds is 5. The maximum atomic E-state index is 12.7. The topological polar surface area (TPSA) is 80.1 Å². The van der Waals surface area contributed by atoms with Crippen molar-refractivity contribution in [3.63, 3.8) is 0 Å². The minimum absolute atomic E-state index is 0.0364. The zero-order chi connectivity index (χ0) is 18.1. The van der Waals surface area contributed by atoms with Gasteiger partial charge in [-0.05, 0) is 62.7 Å². The van der Waals surface area contributed by atoms with Gasteiger partial charge in [0.25, 0.3) is 10.7 Å². The first-order valence-corrected chi connectivity index (χ1v) is 9.61. The number of carbonyl (C=O) groups is 1. The molecule has 0 saturated heterocycles. The largest absolute Gasteiger partial charge is 0.409 e. The van der Waals surface area contributed by atoms with Crippen molar-refractivity contribution >= 4 is 18.1 Å². The van der Waals surface area contributed by atoms with E-state index in [4.69, 9.17) is 21.4 Å². The number of carbonyl (C=O) groups excluding carboxylic acids is 1. The van der Waals surface area contributed by atoms with Crippen LogP contribution in [0.1, 0.15) is 49.4 Å². The van der Waals surface area contributed by atoms with Gasteiger partial charge in [0.15, 0.2) is 0 Å². The van der Waals surface area contributed by atoms with Crippen LogP contribution in [-0.4, -0.2) is 34.9 Å². The van der Waals surface area contributed by atoms with Crippen molar-refractivity contribution in [2.24, 2.45) is 5.41 Å². The summed E-state index contributed by atoms with van der Waals surface area (Å²) in [6, 6.07) is 7.42. The average molecular weight is 373 g/mol. The van der Waals surface area contributed by atoms with Crippen LogP contribution in [0.15, 0.2) is 28.7 Å². The van der Waals surface area contributed by atoms with E-state index >= 15 is 0 Å². The number of ether oxygens (including phenoxy) is 1. The summed E-state index contributed by atoms with van der Waals surface area (Å²) in [7, 11) is 0. The molecule has 26 heavy (non-hydrogen) atoms. The molecule has 0 aliphatic heterocycles. The monoisotopic (exact) mass is 373 g/mol. The minimum atomic E-state index is -0.0364. The quantitative estimate of drug-likeness (QED) is 0.778. The lowest BCUT2D eigenvalue weighted by atomic mass is 9.60. The Morgan fingerprint density at radius 3 is 2.73 bits per heavy atom. The molecule has 0 unspecified atom stereocenters. The second kappa shape index (κ2) is 6.96. The number of nitrogens with one attached hydrogen (secondary N) is 2. The van der Waals surface area contributed by atoms with Crippen molar-refractivity contribution in [2.75, 3.05) is 6.61 Å². The van der Waals surface area contributed by atoms with Crippen molar-refractivity contribution in [1.29, 1.82) is 0 Å². The molecule has 2 N–H and O–H groups in total. The second-order valence-electron chi connectivity index (χ2n) is 7.14. The van der Waals surface area contributed by atoms with E-state index in [-0.39, 0.29) is 28.3 Å². The van der Waals surface area contributed by atoms with Gasteiger partial charge in [-0.3, -0.25) is 4.79 Å². The number of H-pyrrole nitrogens is 1. The number of hydrogen-bond acceptors (Lipinski definition) is 5. The van der Waals surface area contributed by atoms with E-state index in [2.05, 4.69) is 15.5 Å². The maximum Gasteiger partial charge on any atom is 0.284 e. The molecule has 2 aliphatic rings. The number of benzene rings is 1. The molecular formula is C19H23N3O3S. The Labute approximate surface area is 157 Å². The first kappa shape index (κ1) is 17.4. The van der Waals surface area contributed by atoms with Crippen LogP contribution in [0.3, 0.4) is 0 Å². The first-order chi connectivity index (χ1) is 12.6. The summed E-state index contributed by atoms with van der Waals surface area (Å²) in [5, 5.41) is 9.83. The molecule has 4 rings (SSSR count). The van der Waals surface area contributed by atoms with Gasteiger partial charge in [-0.1, -0.05) is 12.8 Å². The number of hydrogen-bond donors (Lipinski definition) is 2. The van der Waals surface area contributed by atoms with Crippen molar-refractivity contribution < 1.29 is 13.9 Å². The Kier molecular flexibility index (Phi) is 4.67. The van der Waals surface area contributed by atoms with Crippen LogP contribution >= 0.6 is 12.2 Å². The van der Waals surface area contributed by atoms with Crippen LogP contribution in [-0.2, 0) is 4.74 Å². The van der Waals surface area contributed by atoms with Gasteiger partial charge in [-0.25, -0.2) is 5.10 Å². The van der Waals surface area contributed by atoms with Gasteiger partial charge < -0.3 is 14.5 Å². The Hall–Kier alpha value is -1.99. The van der Waals surface area contributed by atoms with Gasteiger partial charge in [-0.2, -0.15) is 0 Å². The predicted molar refractivity (Wildman–Crippen MR) is 99.3 cm³/mol. The average Bonchev–Trinajstić information content (AvgIpc) is 3.32. The van der Waals surface area contributed by atoms with Gasteiger partial charge in [-0.15, -0.1) is 5.10 Å². The zero-order valence-electron chi connectivity index (χ0n) is 14.8. The number of aromatic nitrogens is 2. The normalized spacial score (nSPS) is 23.7. The lowest BCUT2D eigenvalue weighted by Gasteiger charge is -2.54. The van der Waals surface area contributed by atoms with E-state index in [9.17, 15) is 4.79 Å². The maximum absolute atomic E-state index is 12.7. The third kappa shape index (κ3) is 2.99. The summed E-state index contributed by atoms with van der Waals surface area (Å²) >= 11 is 4.89. The van der Waals surface area contributed by atoms with E-state index in [1.165, 1.54) is 12.8 Å². The van der Waals surface area contributed by atoms with E-state index < -0.39 is 0 Å². The Morgan fingerprint density at radius 1 is 1.38 bits per heavy atom. The molecule has 1 aromatic carbocycles. The van der Waals surface area contributed by atoms with Crippen molar-refractivity contribution in [3.8, 4) is 11.5 Å². The molecule has 2 fully saturated rings. The van der Waals surface area contributed by atoms with Crippen LogP contribution in [0, 0.1) is 10.3 Å². The molecule has 2 atom stereocenters. The van der Waals surface area contributed by atoms with Crippen molar-refractivity contribution in [1.82, 2.24) is 15.5 Å². The molecule has 2 aromatic rings. The van der Waals surface area contributed by atoms with Gasteiger partial charge in [0.05, 0.1) is 6.10 Å². The predicted octanol–water partition coefficient (Wildman–Crippen LogP) is 3.87. The summed E-state index contributed by atoms with van der Waals surface area (Å²) in [6.45, 7) is 2.77. The summed E-state index contributed by atoms with van der Waals surface area (Å²) in [5.41, 5.74) is 1.55. The fraction of sp³-hybridized carbons (Fsp3) is 0.526. The van der Waals surface area contributed by atoms with Gasteiger partial charge in [0.1, 0.15) is 0 Å². The van der Waals surface area contributed by atoms with E-state index in [0.717, 1.165) is 31.4 Å². The van der Waals surface area contributed by atoms with Crippen molar-refractivity contribution in [2.45, 2.75) is 51.2 Å². The Balaban J connectivity index is 1.44. The molecule has 2 aliphatic carbocycles. The highest BCUT2D eigenvalue weighted by Crippen LogP contribution is 2.54. The first-order valence-electron chi connectivity index (χ1n) is 9.21. The Bertz CT molecular complexity index is 836. The highest BCUT2D eigenvalue weighted by molar-refractivity contribution is 7.71. The SMILES string of the molecule is CCO[C@@H]1C[C@@H](NC(=O)c2ccc(-c3n[nH]c(=S)o3)cc2)C12CCCC2. The zero-order valence-corrected chi connectivity index (χ0v) is 15.6. The van der Waals surface area contributed by atoms with E-state index in [1.807, 2.05) is 19.1 Å². The summed E-state index contributed by atoms with van der Waals surface area (Å²) < 4.78 is 11.2. The molecule has 0 bridgehead atoms. The van der Waals surface area contributed by atoms with E-state index in [0.29, 0.717) is 11.5 Å². The molecule has 1 heterocycles. The lowest BCUT2D eigenvalue weighted by Crippen LogP contribution is -2.63. The molecule has 7 heteroatoms. The summed E-state index contributed by atoms with van der Waals surface area (Å²) in [5.74, 6) is 0.385. The smallest absolute Gasteiger partial charge is 0.284 e. The standard InChI is InChI=1S/C19H23N3O3S/c1-2-24-15-11-14(19(15)9-3-4-10-19)20-16(23)12-5-7-13(8-6-12)17-21-22-18(26)25-17/h5-8,14-15H,2-4,9-11H2,1H3,(H,20,23)(H,22,26)/t14-,15-/m1/s1. The lowest BCUT2D eigenvalue weighted by molar-refractivity contribution is -0.127. The van der Waals surface area contributed by atoms with Crippen LogP contribution in [0.5, 0.6) is 0 Å².